The van der Waals surface area contributed by atoms with Crippen molar-refractivity contribution in [2.45, 2.75) is 25.7 Å². The molecular formula is C28H28N4NaO6S. The monoisotopic (exact) mass is 571 g/mol. The van der Waals surface area contributed by atoms with Gasteiger partial charge in [-0.15, -0.1) is 5.11 Å². The van der Waals surface area contributed by atoms with Crippen LogP contribution in [0.3, 0.4) is 0 Å². The van der Waals surface area contributed by atoms with Crippen molar-refractivity contribution in [3.8, 4) is 11.5 Å². The average molecular weight is 572 g/mol. The van der Waals surface area contributed by atoms with Gasteiger partial charge in [-0.3, -0.25) is 9.35 Å². The van der Waals surface area contributed by atoms with Gasteiger partial charge in [0, 0.05) is 65.5 Å². The Hall–Kier alpha value is -3.48. The summed E-state index contributed by atoms with van der Waals surface area (Å²) in [5, 5.41) is 23.3. The number of nitrogens with one attached hydrogen (secondary N) is 1. The Balaban J connectivity index is 0.00000441. The zero-order chi connectivity index (χ0) is 28.3. The number of methoxy groups -OCH3 is 1. The van der Waals surface area contributed by atoms with Crippen LogP contribution in [-0.4, -0.2) is 67.2 Å². The third-order valence-corrected chi connectivity index (χ3v) is 7.03. The number of aromatic hydroxyl groups is 1. The summed E-state index contributed by atoms with van der Waals surface area (Å²) in [5.41, 5.74) is 2.65. The van der Waals surface area contributed by atoms with Crippen LogP contribution in [0.15, 0.2) is 81.9 Å². The maximum absolute atomic E-state index is 12.2. The first-order valence-corrected chi connectivity index (χ1v) is 13.4. The first kappa shape index (κ1) is 31.1. The minimum Gasteiger partial charge on any atom is -0.505 e. The van der Waals surface area contributed by atoms with Crippen molar-refractivity contribution in [3.63, 3.8) is 0 Å². The first-order valence-electron chi connectivity index (χ1n) is 12.0. The van der Waals surface area contributed by atoms with Crippen molar-refractivity contribution in [1.29, 1.82) is 0 Å². The van der Waals surface area contributed by atoms with Crippen LogP contribution in [0, 0.1) is 6.92 Å². The molecule has 0 aliphatic heterocycles. The zero-order valence-electron chi connectivity index (χ0n) is 22.8. The van der Waals surface area contributed by atoms with Gasteiger partial charge in [-0.25, -0.2) is 0 Å². The Kier molecular flexibility index (Phi) is 9.93. The molecule has 4 aromatic carbocycles. The average Bonchev–Trinajstić information content (AvgIpc) is 2.89. The molecule has 0 unspecified atom stereocenters. The molecule has 0 saturated carbocycles. The quantitative estimate of drug-likeness (QED) is 0.129. The maximum Gasteiger partial charge on any atom is 0.296 e. The van der Waals surface area contributed by atoms with E-state index in [1.165, 1.54) is 13.0 Å². The third-order valence-electron chi connectivity index (χ3n) is 6.17. The molecule has 4 rings (SSSR count). The van der Waals surface area contributed by atoms with E-state index in [0.29, 0.717) is 45.7 Å². The Morgan fingerprint density at radius 3 is 2.27 bits per heavy atom. The maximum atomic E-state index is 12.2. The minimum atomic E-state index is -4.76. The number of benzene rings is 4. The van der Waals surface area contributed by atoms with Crippen LogP contribution in [-0.2, 0) is 14.9 Å². The van der Waals surface area contributed by atoms with Gasteiger partial charge in [0.25, 0.3) is 10.1 Å². The van der Waals surface area contributed by atoms with Gasteiger partial charge in [0.1, 0.15) is 16.3 Å². The molecule has 10 nitrogen and oxygen atoms in total. The number of anilines is 3. The number of azo groups is 1. The molecular weight excluding hydrogens is 543 g/mol. The van der Waals surface area contributed by atoms with Gasteiger partial charge in [-0.05, 0) is 79.4 Å². The SMILES string of the molecule is CCN(C(C)=O)c1ccc(C)c(N=Nc2c(S(=O)(=O)O)cc3ccc(Nc4ccc(OC)cc4)cc3c2O)c1.[Na]. The number of phenols is 1. The van der Waals surface area contributed by atoms with E-state index < -0.39 is 26.5 Å². The summed E-state index contributed by atoms with van der Waals surface area (Å²) in [5.74, 6) is 0.0908. The second kappa shape index (κ2) is 12.8. The van der Waals surface area contributed by atoms with E-state index >= 15 is 0 Å². The third kappa shape index (κ3) is 6.80. The molecule has 0 aliphatic carbocycles. The molecule has 0 fully saturated rings. The number of carbonyl (C=O) groups is 1. The Labute approximate surface area is 254 Å². The van der Waals surface area contributed by atoms with E-state index in [0.717, 1.165) is 5.69 Å². The summed E-state index contributed by atoms with van der Waals surface area (Å²) in [6.07, 6.45) is 0. The standard InChI is InChI=1S/C28H28N4O6S.Na/c1-5-32(18(3)33)22-11-6-17(2)25(16-22)30-31-27-26(39(35,36)37)14-19-7-8-21(15-24(19)28(27)34)29-20-9-12-23(38-4)13-10-20;/h6-16,29,34H,5H2,1-4H3,(H,35,36,37);. The molecule has 1 radical (unpaired) electrons. The summed E-state index contributed by atoms with van der Waals surface area (Å²) in [4.78, 5) is 12.9. The number of nitrogens with zero attached hydrogens (tertiary/aromatic N) is 3. The predicted molar refractivity (Wildman–Crippen MR) is 157 cm³/mol. The fraction of sp³-hybridized carbons (Fsp3) is 0.179. The fourth-order valence-corrected chi connectivity index (χ4v) is 4.78. The van der Waals surface area contributed by atoms with Gasteiger partial charge in [0.15, 0.2) is 5.75 Å². The van der Waals surface area contributed by atoms with E-state index in [-0.39, 0.29) is 35.5 Å². The summed E-state index contributed by atoms with van der Waals surface area (Å²) in [6, 6.07) is 18.6. The van der Waals surface area contributed by atoms with Crippen molar-refractivity contribution in [2.24, 2.45) is 10.2 Å². The molecule has 0 spiro atoms. The van der Waals surface area contributed by atoms with Crippen LogP contribution in [0.25, 0.3) is 10.8 Å². The van der Waals surface area contributed by atoms with Crippen molar-refractivity contribution in [1.82, 2.24) is 0 Å². The molecule has 3 N–H and O–H groups in total. The molecule has 0 aliphatic rings. The van der Waals surface area contributed by atoms with E-state index in [4.69, 9.17) is 4.74 Å². The fourth-order valence-electron chi connectivity index (χ4n) is 4.12. The molecule has 203 valence electrons. The molecule has 0 atom stereocenters. The molecule has 12 heteroatoms. The summed E-state index contributed by atoms with van der Waals surface area (Å²) >= 11 is 0. The summed E-state index contributed by atoms with van der Waals surface area (Å²) in [7, 11) is -3.18. The Morgan fingerprint density at radius 1 is 1.00 bits per heavy atom. The number of phenolic OH excluding ortho intramolecular Hbond substituents is 1. The zero-order valence-corrected chi connectivity index (χ0v) is 25.7. The van der Waals surface area contributed by atoms with Crippen molar-refractivity contribution in [3.05, 3.63) is 72.3 Å². The normalized spacial score (nSPS) is 11.3. The molecule has 40 heavy (non-hydrogen) atoms. The molecule has 1 amide bonds. The van der Waals surface area contributed by atoms with Crippen molar-refractivity contribution in [2.75, 3.05) is 23.9 Å². The van der Waals surface area contributed by atoms with Gasteiger partial charge in [0.05, 0.1) is 12.8 Å². The van der Waals surface area contributed by atoms with Crippen molar-refractivity contribution >= 4 is 84.8 Å². The Bertz CT molecular complexity index is 1690. The number of hydrogen-bond donors (Lipinski definition) is 3. The van der Waals surface area contributed by atoms with Gasteiger partial charge < -0.3 is 20.1 Å². The number of carbonyl (C=O) groups excluding carboxylic acids is 1. The smallest absolute Gasteiger partial charge is 0.296 e. The van der Waals surface area contributed by atoms with Crippen LogP contribution < -0.4 is 15.0 Å². The molecule has 4 aromatic rings. The second-order valence-electron chi connectivity index (χ2n) is 8.77. The van der Waals surface area contributed by atoms with E-state index in [1.807, 2.05) is 19.1 Å². The van der Waals surface area contributed by atoms with Crippen LogP contribution in [0.4, 0.5) is 28.4 Å². The number of ether oxygens (including phenoxy) is 1. The van der Waals surface area contributed by atoms with Gasteiger partial charge in [0.2, 0.25) is 5.91 Å². The van der Waals surface area contributed by atoms with Crippen LogP contribution in [0.2, 0.25) is 0 Å². The van der Waals surface area contributed by atoms with E-state index in [1.54, 1.807) is 67.5 Å². The summed E-state index contributed by atoms with van der Waals surface area (Å²) in [6.45, 7) is 5.52. The second-order valence-corrected chi connectivity index (χ2v) is 10.2. The summed E-state index contributed by atoms with van der Waals surface area (Å²) < 4.78 is 39.5. The largest absolute Gasteiger partial charge is 0.505 e. The minimum absolute atomic E-state index is 0. The van der Waals surface area contributed by atoms with Gasteiger partial charge >= 0.3 is 0 Å². The van der Waals surface area contributed by atoms with Gasteiger partial charge in [-0.1, -0.05) is 12.1 Å². The molecule has 0 saturated heterocycles. The molecule has 0 heterocycles. The topological polar surface area (TPSA) is 141 Å². The predicted octanol–water partition coefficient (Wildman–Crippen LogP) is 6.26. The van der Waals surface area contributed by atoms with Crippen LogP contribution in [0.1, 0.15) is 19.4 Å². The van der Waals surface area contributed by atoms with Crippen LogP contribution >= 0.6 is 0 Å². The number of amides is 1. The van der Waals surface area contributed by atoms with E-state index in [9.17, 15) is 22.9 Å². The molecule has 0 aromatic heterocycles. The number of rotatable bonds is 8. The number of hydrogen-bond acceptors (Lipinski definition) is 8. The number of fused-ring (bicyclic) bond motifs is 1. The van der Waals surface area contributed by atoms with Crippen LogP contribution in [0.5, 0.6) is 11.5 Å². The Morgan fingerprint density at radius 2 is 1.68 bits per heavy atom. The molecule has 0 bridgehead atoms. The first-order chi connectivity index (χ1) is 18.5. The van der Waals surface area contributed by atoms with Crippen molar-refractivity contribution < 1.29 is 27.6 Å². The number of aryl methyl sites for hydroxylation is 1. The van der Waals surface area contributed by atoms with Gasteiger partial charge in [-0.2, -0.15) is 13.5 Å². The van der Waals surface area contributed by atoms with E-state index in [2.05, 4.69) is 15.5 Å².